The van der Waals surface area contributed by atoms with Crippen LogP contribution in [0, 0.1) is 6.92 Å². The fourth-order valence-corrected chi connectivity index (χ4v) is 0.910. The van der Waals surface area contributed by atoms with E-state index in [1.54, 1.807) is 0 Å². The Morgan fingerprint density at radius 3 is 2.08 bits per heavy atom. The Kier molecular flexibility index (Phi) is 2.38. The summed E-state index contributed by atoms with van der Waals surface area (Å²) in [5, 5.41) is 0. The zero-order chi connectivity index (χ0) is 9.19. The summed E-state index contributed by atoms with van der Waals surface area (Å²) in [5.41, 5.74) is 6.30. The van der Waals surface area contributed by atoms with Gasteiger partial charge in [0.25, 0.3) is 0 Å². The minimum atomic E-state index is -0.602. The van der Waals surface area contributed by atoms with Crippen LogP contribution in [-0.4, -0.2) is 5.72 Å². The number of rotatable bonds is 2. The summed E-state index contributed by atoms with van der Waals surface area (Å²) in [6.07, 6.45) is 0. The molecule has 0 amide bonds. The van der Waals surface area contributed by atoms with Crippen molar-refractivity contribution in [2.75, 3.05) is 0 Å². The summed E-state index contributed by atoms with van der Waals surface area (Å²) in [6, 6.07) is 7.84. The molecule has 0 atom stereocenters. The van der Waals surface area contributed by atoms with Gasteiger partial charge in [-0.3, -0.25) is 5.73 Å². The molecule has 0 spiro atoms. The minimum Gasteiger partial charge on any atom is -0.474 e. The van der Waals surface area contributed by atoms with Gasteiger partial charge in [-0.05, 0) is 32.9 Å². The maximum absolute atomic E-state index is 5.68. The van der Waals surface area contributed by atoms with Gasteiger partial charge in [-0.2, -0.15) is 0 Å². The van der Waals surface area contributed by atoms with Crippen molar-refractivity contribution in [3.05, 3.63) is 29.8 Å². The molecule has 0 heterocycles. The molecule has 0 aromatic heterocycles. The molecule has 0 saturated carbocycles. The van der Waals surface area contributed by atoms with Gasteiger partial charge in [0.1, 0.15) is 5.75 Å². The maximum atomic E-state index is 5.68. The topological polar surface area (TPSA) is 35.2 Å². The highest BCUT2D eigenvalue weighted by Gasteiger charge is 2.11. The van der Waals surface area contributed by atoms with E-state index in [1.165, 1.54) is 5.56 Å². The van der Waals surface area contributed by atoms with E-state index in [1.807, 2.05) is 45.0 Å². The Morgan fingerprint density at radius 2 is 1.67 bits per heavy atom. The lowest BCUT2D eigenvalue weighted by atomic mass is 10.2. The largest absolute Gasteiger partial charge is 0.474 e. The molecule has 2 N–H and O–H groups in total. The average Bonchev–Trinajstić information content (AvgIpc) is 1.91. The van der Waals surface area contributed by atoms with Gasteiger partial charge in [0.15, 0.2) is 5.72 Å². The van der Waals surface area contributed by atoms with E-state index >= 15 is 0 Å². The van der Waals surface area contributed by atoms with Crippen molar-refractivity contribution in [1.29, 1.82) is 0 Å². The van der Waals surface area contributed by atoms with Crippen LogP contribution in [0.15, 0.2) is 24.3 Å². The van der Waals surface area contributed by atoms with Crippen molar-refractivity contribution in [1.82, 2.24) is 0 Å². The smallest absolute Gasteiger partial charge is 0.152 e. The molecule has 1 aromatic rings. The van der Waals surface area contributed by atoms with Crippen LogP contribution in [0.3, 0.4) is 0 Å². The van der Waals surface area contributed by atoms with Crippen molar-refractivity contribution in [2.24, 2.45) is 5.73 Å². The number of nitrogens with two attached hydrogens (primary N) is 1. The second-order valence-electron chi connectivity index (χ2n) is 3.52. The van der Waals surface area contributed by atoms with Crippen LogP contribution in [0.25, 0.3) is 0 Å². The monoisotopic (exact) mass is 165 g/mol. The van der Waals surface area contributed by atoms with Gasteiger partial charge in [-0.15, -0.1) is 0 Å². The lowest BCUT2D eigenvalue weighted by Gasteiger charge is -2.20. The highest BCUT2D eigenvalue weighted by atomic mass is 16.5. The van der Waals surface area contributed by atoms with Crippen molar-refractivity contribution in [3.63, 3.8) is 0 Å². The Morgan fingerprint density at radius 1 is 1.17 bits per heavy atom. The predicted octanol–water partition coefficient (Wildman–Crippen LogP) is 2.07. The van der Waals surface area contributed by atoms with E-state index in [0.717, 1.165) is 5.75 Å². The highest BCUT2D eigenvalue weighted by Crippen LogP contribution is 2.15. The van der Waals surface area contributed by atoms with Crippen LogP contribution in [0.5, 0.6) is 5.75 Å². The van der Waals surface area contributed by atoms with Crippen LogP contribution >= 0.6 is 0 Å². The quantitative estimate of drug-likeness (QED) is 0.681. The third-order valence-corrected chi connectivity index (χ3v) is 1.40. The molecule has 1 rings (SSSR count). The Bertz CT molecular complexity index is 246. The molecule has 1 aromatic carbocycles. The van der Waals surface area contributed by atoms with Gasteiger partial charge in [0.05, 0.1) is 0 Å². The third kappa shape index (κ3) is 2.93. The molecule has 0 radical (unpaired) electrons. The lowest BCUT2D eigenvalue weighted by Crippen LogP contribution is -2.38. The molecular weight excluding hydrogens is 150 g/mol. The Balaban J connectivity index is 2.71. The van der Waals surface area contributed by atoms with Gasteiger partial charge in [0, 0.05) is 0 Å². The van der Waals surface area contributed by atoms with E-state index in [0.29, 0.717) is 0 Å². The molecule has 0 aliphatic rings. The van der Waals surface area contributed by atoms with Crippen LogP contribution in [0.4, 0.5) is 0 Å². The van der Waals surface area contributed by atoms with Gasteiger partial charge in [-0.25, -0.2) is 0 Å². The van der Waals surface area contributed by atoms with Crippen molar-refractivity contribution >= 4 is 0 Å². The lowest BCUT2D eigenvalue weighted by molar-refractivity contribution is 0.117. The summed E-state index contributed by atoms with van der Waals surface area (Å²) < 4.78 is 5.43. The van der Waals surface area contributed by atoms with Gasteiger partial charge in [-0.1, -0.05) is 17.7 Å². The molecular formula is C10H15NO. The number of hydrogen-bond acceptors (Lipinski definition) is 2. The van der Waals surface area contributed by atoms with Crippen LogP contribution < -0.4 is 10.5 Å². The normalized spacial score (nSPS) is 11.3. The molecule has 2 nitrogen and oxygen atoms in total. The minimum absolute atomic E-state index is 0.602. The average molecular weight is 165 g/mol. The van der Waals surface area contributed by atoms with Gasteiger partial charge in [0.2, 0.25) is 0 Å². The number of benzene rings is 1. The second kappa shape index (κ2) is 3.15. The number of ether oxygens (including phenoxy) is 1. The van der Waals surface area contributed by atoms with E-state index in [9.17, 15) is 0 Å². The molecule has 2 heteroatoms. The molecule has 66 valence electrons. The molecule has 0 aliphatic carbocycles. The summed E-state index contributed by atoms with van der Waals surface area (Å²) in [6.45, 7) is 5.69. The third-order valence-electron chi connectivity index (χ3n) is 1.40. The SMILES string of the molecule is Cc1ccc(OC(C)(C)N)cc1. The summed E-state index contributed by atoms with van der Waals surface area (Å²) >= 11 is 0. The van der Waals surface area contributed by atoms with Crippen LogP contribution in [0.1, 0.15) is 19.4 Å². The fourth-order valence-electron chi connectivity index (χ4n) is 0.910. The van der Waals surface area contributed by atoms with Gasteiger partial charge < -0.3 is 4.74 Å². The van der Waals surface area contributed by atoms with Crippen LogP contribution in [0.2, 0.25) is 0 Å². The molecule has 0 aliphatic heterocycles. The van der Waals surface area contributed by atoms with E-state index in [2.05, 4.69) is 0 Å². The first kappa shape index (κ1) is 9.07. The maximum Gasteiger partial charge on any atom is 0.152 e. The van der Waals surface area contributed by atoms with Crippen molar-refractivity contribution in [2.45, 2.75) is 26.5 Å². The number of hydrogen-bond donors (Lipinski definition) is 1. The first-order valence-corrected chi connectivity index (χ1v) is 4.02. The molecule has 12 heavy (non-hydrogen) atoms. The van der Waals surface area contributed by atoms with E-state index < -0.39 is 5.72 Å². The second-order valence-corrected chi connectivity index (χ2v) is 3.52. The van der Waals surface area contributed by atoms with Crippen molar-refractivity contribution in [3.8, 4) is 5.75 Å². The molecule has 0 saturated heterocycles. The Labute approximate surface area is 73.3 Å². The summed E-state index contributed by atoms with van der Waals surface area (Å²) in [5.74, 6) is 0.813. The zero-order valence-corrected chi connectivity index (χ0v) is 7.79. The Hall–Kier alpha value is -1.02. The molecule has 0 fully saturated rings. The number of aryl methyl sites for hydroxylation is 1. The molecule has 0 bridgehead atoms. The fraction of sp³-hybridized carbons (Fsp3) is 0.400. The van der Waals surface area contributed by atoms with Gasteiger partial charge >= 0.3 is 0 Å². The van der Waals surface area contributed by atoms with Crippen molar-refractivity contribution < 1.29 is 4.74 Å². The van der Waals surface area contributed by atoms with Crippen LogP contribution in [-0.2, 0) is 0 Å². The van der Waals surface area contributed by atoms with E-state index in [-0.39, 0.29) is 0 Å². The standard InChI is InChI=1S/C10H15NO/c1-8-4-6-9(7-5-8)12-10(2,3)11/h4-7H,11H2,1-3H3. The zero-order valence-electron chi connectivity index (χ0n) is 7.79. The summed E-state index contributed by atoms with van der Waals surface area (Å²) in [4.78, 5) is 0. The predicted molar refractivity (Wildman–Crippen MR) is 50.1 cm³/mol. The first-order valence-electron chi connectivity index (χ1n) is 4.02. The molecule has 0 unspecified atom stereocenters. The highest BCUT2D eigenvalue weighted by molar-refractivity contribution is 5.26. The summed E-state index contributed by atoms with van der Waals surface area (Å²) in [7, 11) is 0. The first-order chi connectivity index (χ1) is 5.47. The van der Waals surface area contributed by atoms with E-state index in [4.69, 9.17) is 10.5 Å².